The fourth-order valence-electron chi connectivity index (χ4n) is 2.98. The standard InChI is InChI=1S/C16H19N3O4S/c1-9-3-5-18(6-4-9)11(20)7-19-8-17-14-12(15(19)21)10(2)13(24-14)16(22)23/h8-9H,3-7H2,1-2H3,(H,22,23). The van der Waals surface area contributed by atoms with Crippen molar-refractivity contribution < 1.29 is 14.7 Å². The van der Waals surface area contributed by atoms with Crippen molar-refractivity contribution in [3.8, 4) is 0 Å². The molecule has 0 atom stereocenters. The van der Waals surface area contributed by atoms with Gasteiger partial charge in [0.05, 0.1) is 11.7 Å². The molecule has 0 unspecified atom stereocenters. The van der Waals surface area contributed by atoms with Gasteiger partial charge in [-0.2, -0.15) is 0 Å². The number of aromatic nitrogens is 2. The van der Waals surface area contributed by atoms with Crippen LogP contribution in [0.15, 0.2) is 11.1 Å². The molecule has 3 rings (SSSR count). The maximum Gasteiger partial charge on any atom is 0.346 e. The molecule has 24 heavy (non-hydrogen) atoms. The van der Waals surface area contributed by atoms with Crippen molar-refractivity contribution in [2.24, 2.45) is 5.92 Å². The number of carbonyl (C=O) groups is 2. The highest BCUT2D eigenvalue weighted by Gasteiger charge is 2.22. The highest BCUT2D eigenvalue weighted by atomic mass is 32.1. The molecule has 1 amide bonds. The molecule has 1 aliphatic heterocycles. The van der Waals surface area contributed by atoms with Gasteiger partial charge in [-0.25, -0.2) is 9.78 Å². The van der Waals surface area contributed by atoms with Crippen LogP contribution in [0.25, 0.3) is 10.2 Å². The second-order valence-electron chi connectivity index (χ2n) is 6.28. The Balaban J connectivity index is 1.89. The molecule has 128 valence electrons. The van der Waals surface area contributed by atoms with Crippen LogP contribution in [0.2, 0.25) is 0 Å². The van der Waals surface area contributed by atoms with Crippen LogP contribution >= 0.6 is 11.3 Å². The molecule has 1 saturated heterocycles. The molecule has 7 nitrogen and oxygen atoms in total. The fraction of sp³-hybridized carbons (Fsp3) is 0.500. The first kappa shape index (κ1) is 16.6. The number of carboxylic acids is 1. The van der Waals surface area contributed by atoms with E-state index in [2.05, 4.69) is 11.9 Å². The van der Waals surface area contributed by atoms with Crippen molar-refractivity contribution in [3.05, 3.63) is 27.1 Å². The van der Waals surface area contributed by atoms with E-state index in [-0.39, 0.29) is 22.9 Å². The second kappa shape index (κ2) is 6.35. The number of hydrogen-bond acceptors (Lipinski definition) is 5. The van der Waals surface area contributed by atoms with Gasteiger partial charge in [-0.05, 0) is 31.2 Å². The van der Waals surface area contributed by atoms with Gasteiger partial charge in [0.1, 0.15) is 16.3 Å². The predicted molar refractivity (Wildman–Crippen MR) is 90.6 cm³/mol. The summed E-state index contributed by atoms with van der Waals surface area (Å²) >= 11 is 0.983. The van der Waals surface area contributed by atoms with Crippen molar-refractivity contribution in [3.63, 3.8) is 0 Å². The minimum absolute atomic E-state index is 0.0617. The monoisotopic (exact) mass is 349 g/mol. The number of hydrogen-bond donors (Lipinski definition) is 1. The molecule has 8 heteroatoms. The van der Waals surface area contributed by atoms with Gasteiger partial charge in [0.2, 0.25) is 5.91 Å². The zero-order valence-corrected chi connectivity index (χ0v) is 14.4. The lowest BCUT2D eigenvalue weighted by atomic mass is 9.99. The minimum atomic E-state index is -1.07. The zero-order chi connectivity index (χ0) is 17.4. The third-order valence-electron chi connectivity index (χ3n) is 4.55. The zero-order valence-electron chi connectivity index (χ0n) is 13.6. The summed E-state index contributed by atoms with van der Waals surface area (Å²) in [6.07, 6.45) is 3.28. The van der Waals surface area contributed by atoms with Crippen LogP contribution in [0.5, 0.6) is 0 Å². The lowest BCUT2D eigenvalue weighted by Crippen LogP contribution is -2.41. The topological polar surface area (TPSA) is 92.5 Å². The smallest absolute Gasteiger partial charge is 0.346 e. The summed E-state index contributed by atoms with van der Waals surface area (Å²) in [4.78, 5) is 42.7. The molecule has 1 N–H and O–H groups in total. The van der Waals surface area contributed by atoms with Gasteiger partial charge in [0, 0.05) is 13.1 Å². The third kappa shape index (κ3) is 2.93. The summed E-state index contributed by atoms with van der Waals surface area (Å²) in [6, 6.07) is 0. The molecule has 1 aliphatic rings. The lowest BCUT2D eigenvalue weighted by molar-refractivity contribution is -0.133. The van der Waals surface area contributed by atoms with Crippen LogP contribution in [-0.4, -0.2) is 44.5 Å². The van der Waals surface area contributed by atoms with Gasteiger partial charge in [-0.15, -0.1) is 11.3 Å². The normalized spacial score (nSPS) is 15.8. The maximum atomic E-state index is 12.6. The number of aromatic carboxylic acids is 1. The van der Waals surface area contributed by atoms with Crippen LogP contribution in [0, 0.1) is 12.8 Å². The van der Waals surface area contributed by atoms with Crippen LogP contribution < -0.4 is 5.56 Å². The third-order valence-corrected chi connectivity index (χ3v) is 5.74. The summed E-state index contributed by atoms with van der Waals surface area (Å²) in [5.41, 5.74) is 0.0496. The Labute approximate surface area is 142 Å². The number of likely N-dealkylation sites (tertiary alicyclic amines) is 1. The molecule has 2 aromatic heterocycles. The number of nitrogens with zero attached hydrogens (tertiary/aromatic N) is 3. The van der Waals surface area contributed by atoms with E-state index >= 15 is 0 Å². The molecule has 0 spiro atoms. The van der Waals surface area contributed by atoms with E-state index < -0.39 is 5.97 Å². The number of thiophene rings is 1. The molecule has 0 aliphatic carbocycles. The average molecular weight is 349 g/mol. The van der Waals surface area contributed by atoms with Gasteiger partial charge >= 0.3 is 5.97 Å². The van der Waals surface area contributed by atoms with Gasteiger partial charge in [-0.3, -0.25) is 14.2 Å². The fourth-order valence-corrected chi connectivity index (χ4v) is 3.96. The molecule has 2 aromatic rings. The second-order valence-corrected chi connectivity index (χ2v) is 7.28. The van der Waals surface area contributed by atoms with Crippen molar-refractivity contribution in [1.82, 2.24) is 14.5 Å². The number of carboxylic acid groups (broad SMARTS) is 1. The van der Waals surface area contributed by atoms with E-state index in [0.29, 0.717) is 34.8 Å². The Morgan fingerprint density at radius 1 is 1.38 bits per heavy atom. The quantitative estimate of drug-likeness (QED) is 0.911. The van der Waals surface area contributed by atoms with Crippen molar-refractivity contribution in [2.75, 3.05) is 13.1 Å². The van der Waals surface area contributed by atoms with Gasteiger partial charge in [0.25, 0.3) is 5.56 Å². The first-order valence-electron chi connectivity index (χ1n) is 7.88. The Morgan fingerprint density at radius 3 is 2.67 bits per heavy atom. The summed E-state index contributed by atoms with van der Waals surface area (Å²) < 4.78 is 1.27. The largest absolute Gasteiger partial charge is 0.477 e. The molecule has 0 saturated carbocycles. The summed E-state index contributed by atoms with van der Waals surface area (Å²) in [5.74, 6) is -0.547. The van der Waals surface area contributed by atoms with E-state index in [1.54, 1.807) is 11.8 Å². The number of carbonyl (C=O) groups excluding carboxylic acids is 1. The van der Waals surface area contributed by atoms with Crippen molar-refractivity contribution in [2.45, 2.75) is 33.2 Å². The Kier molecular flexibility index (Phi) is 4.40. The Bertz CT molecular complexity index is 862. The first-order valence-corrected chi connectivity index (χ1v) is 8.69. The number of amides is 1. The van der Waals surface area contributed by atoms with E-state index in [9.17, 15) is 19.5 Å². The predicted octanol–water partition coefficient (Wildman–Crippen LogP) is 1.72. The van der Waals surface area contributed by atoms with E-state index in [1.807, 2.05) is 0 Å². The van der Waals surface area contributed by atoms with Gasteiger partial charge < -0.3 is 10.0 Å². The molecule has 1 fully saturated rings. The van der Waals surface area contributed by atoms with Crippen molar-refractivity contribution in [1.29, 1.82) is 0 Å². The summed E-state index contributed by atoms with van der Waals surface area (Å²) in [7, 11) is 0. The average Bonchev–Trinajstić information content (AvgIpc) is 2.88. The van der Waals surface area contributed by atoms with Crippen molar-refractivity contribution >= 4 is 33.4 Å². The molecular formula is C16H19N3O4S. The van der Waals surface area contributed by atoms with Crippen LogP contribution in [0.4, 0.5) is 0 Å². The van der Waals surface area contributed by atoms with Crippen LogP contribution in [0.3, 0.4) is 0 Å². The van der Waals surface area contributed by atoms with E-state index in [0.717, 1.165) is 24.2 Å². The van der Waals surface area contributed by atoms with Gasteiger partial charge in [-0.1, -0.05) is 6.92 Å². The minimum Gasteiger partial charge on any atom is -0.477 e. The van der Waals surface area contributed by atoms with Gasteiger partial charge in [0.15, 0.2) is 0 Å². The number of aryl methyl sites for hydroxylation is 1. The highest BCUT2D eigenvalue weighted by Crippen LogP contribution is 2.26. The molecule has 3 heterocycles. The number of rotatable bonds is 3. The highest BCUT2D eigenvalue weighted by molar-refractivity contribution is 7.20. The van der Waals surface area contributed by atoms with Crippen LogP contribution in [-0.2, 0) is 11.3 Å². The number of fused-ring (bicyclic) bond motifs is 1. The summed E-state index contributed by atoms with van der Waals surface area (Å²) in [5, 5.41) is 9.47. The maximum absolute atomic E-state index is 12.6. The summed E-state index contributed by atoms with van der Waals surface area (Å²) in [6.45, 7) is 5.14. The number of piperidine rings is 1. The lowest BCUT2D eigenvalue weighted by Gasteiger charge is -2.30. The SMILES string of the molecule is Cc1c(C(=O)O)sc2ncn(CC(=O)N3CCC(C)CC3)c(=O)c12. The Hall–Kier alpha value is -2.22. The van der Waals surface area contributed by atoms with Crippen LogP contribution in [0.1, 0.15) is 35.0 Å². The first-order chi connectivity index (χ1) is 11.4. The molecule has 0 aromatic carbocycles. The Morgan fingerprint density at radius 2 is 2.04 bits per heavy atom. The molecular weight excluding hydrogens is 330 g/mol. The molecule has 0 radical (unpaired) electrons. The molecule has 0 bridgehead atoms. The van der Waals surface area contributed by atoms with E-state index in [1.165, 1.54) is 10.9 Å². The van der Waals surface area contributed by atoms with E-state index in [4.69, 9.17) is 0 Å².